The number of rotatable bonds is 3. The number of ether oxygens (including phenoxy) is 1. The molecule has 2 aliphatic heterocycles. The lowest BCUT2D eigenvalue weighted by atomic mass is 9.80. The average molecular weight is 517 g/mol. The summed E-state index contributed by atoms with van der Waals surface area (Å²) in [6.45, 7) is 10.7. The number of hydrogen-bond acceptors (Lipinski definition) is 6. The Morgan fingerprint density at radius 1 is 1.03 bits per heavy atom. The van der Waals surface area contributed by atoms with E-state index < -0.39 is 24.3 Å². The summed E-state index contributed by atoms with van der Waals surface area (Å²) in [5.41, 5.74) is 1.50. The van der Waals surface area contributed by atoms with Crippen molar-refractivity contribution in [2.75, 3.05) is 45.9 Å². The molecular formula is C21H29F6N3O5. The molecule has 3 heterocycles. The first-order valence-electron chi connectivity index (χ1n) is 10.7. The summed E-state index contributed by atoms with van der Waals surface area (Å²) < 4.78 is 69.4. The van der Waals surface area contributed by atoms with Gasteiger partial charge in [0, 0.05) is 37.8 Å². The maximum atomic E-state index is 10.6. The molecule has 0 saturated carbocycles. The van der Waals surface area contributed by atoms with Gasteiger partial charge in [-0.3, -0.25) is 9.88 Å². The SMILES string of the molecule is CCN1CCOCC2(CCCN(Cc3ccccn3)C2)C1.O=C(O)C(F)(F)F.O=C(O)C(F)(F)F. The van der Waals surface area contributed by atoms with E-state index >= 15 is 0 Å². The lowest BCUT2D eigenvalue weighted by Gasteiger charge is -2.43. The van der Waals surface area contributed by atoms with Gasteiger partial charge in [-0.1, -0.05) is 13.0 Å². The minimum atomic E-state index is -5.08. The molecule has 200 valence electrons. The summed E-state index contributed by atoms with van der Waals surface area (Å²) in [6.07, 6.45) is -5.71. The van der Waals surface area contributed by atoms with Crippen LogP contribution in [0.15, 0.2) is 24.4 Å². The van der Waals surface area contributed by atoms with E-state index in [1.807, 2.05) is 12.3 Å². The summed E-state index contributed by atoms with van der Waals surface area (Å²) in [5.74, 6) is -5.51. The fraction of sp³-hybridized carbons (Fsp3) is 0.667. The number of carboxylic acids is 2. The molecule has 0 aromatic carbocycles. The van der Waals surface area contributed by atoms with E-state index in [1.165, 1.54) is 31.6 Å². The first kappa shape index (κ1) is 30.6. The van der Waals surface area contributed by atoms with Crippen LogP contribution < -0.4 is 0 Å². The Bertz CT molecular complexity index is 770. The van der Waals surface area contributed by atoms with Crippen LogP contribution >= 0.6 is 0 Å². The third-order valence-electron chi connectivity index (χ3n) is 5.30. The van der Waals surface area contributed by atoms with Gasteiger partial charge in [-0.25, -0.2) is 9.59 Å². The van der Waals surface area contributed by atoms with Gasteiger partial charge < -0.3 is 19.8 Å². The highest BCUT2D eigenvalue weighted by Crippen LogP contribution is 2.33. The van der Waals surface area contributed by atoms with Crippen molar-refractivity contribution in [2.45, 2.75) is 38.7 Å². The third-order valence-corrected chi connectivity index (χ3v) is 5.30. The van der Waals surface area contributed by atoms with Crippen molar-refractivity contribution in [1.29, 1.82) is 0 Å². The fourth-order valence-corrected chi connectivity index (χ4v) is 3.76. The molecule has 0 aliphatic carbocycles. The van der Waals surface area contributed by atoms with E-state index in [2.05, 4.69) is 33.8 Å². The minimum absolute atomic E-state index is 0.319. The predicted molar refractivity (Wildman–Crippen MR) is 111 cm³/mol. The van der Waals surface area contributed by atoms with Crippen LogP contribution in [0.2, 0.25) is 0 Å². The molecule has 0 radical (unpaired) electrons. The third kappa shape index (κ3) is 11.7. The van der Waals surface area contributed by atoms with Crippen LogP contribution in [-0.2, 0) is 20.9 Å². The number of piperidine rings is 1. The second-order valence-electron chi connectivity index (χ2n) is 8.16. The fourth-order valence-electron chi connectivity index (χ4n) is 3.76. The second kappa shape index (κ2) is 13.6. The van der Waals surface area contributed by atoms with Gasteiger partial charge in [-0.15, -0.1) is 0 Å². The van der Waals surface area contributed by atoms with E-state index in [4.69, 9.17) is 24.5 Å². The highest BCUT2D eigenvalue weighted by molar-refractivity contribution is 5.73. The summed E-state index contributed by atoms with van der Waals surface area (Å²) in [7, 11) is 0. The van der Waals surface area contributed by atoms with Crippen molar-refractivity contribution in [3.63, 3.8) is 0 Å². The smallest absolute Gasteiger partial charge is 0.475 e. The zero-order valence-electron chi connectivity index (χ0n) is 19.1. The van der Waals surface area contributed by atoms with Gasteiger partial charge in [0.1, 0.15) is 0 Å². The number of carboxylic acid groups (broad SMARTS) is 2. The number of nitrogens with zero attached hydrogens (tertiary/aromatic N) is 3. The maximum absolute atomic E-state index is 10.6. The highest BCUT2D eigenvalue weighted by atomic mass is 19.4. The summed E-state index contributed by atoms with van der Waals surface area (Å²) in [5, 5.41) is 14.2. The lowest BCUT2D eigenvalue weighted by Crippen LogP contribution is -2.50. The Morgan fingerprint density at radius 2 is 1.60 bits per heavy atom. The lowest BCUT2D eigenvalue weighted by molar-refractivity contribution is -0.193. The number of likely N-dealkylation sites (N-methyl/N-ethyl adjacent to an activating group) is 1. The average Bonchev–Trinajstić information content (AvgIpc) is 2.96. The van der Waals surface area contributed by atoms with Gasteiger partial charge in [0.2, 0.25) is 0 Å². The minimum Gasteiger partial charge on any atom is -0.475 e. The van der Waals surface area contributed by atoms with Crippen molar-refractivity contribution in [3.05, 3.63) is 30.1 Å². The number of alkyl halides is 6. The zero-order chi connectivity index (χ0) is 26.7. The van der Waals surface area contributed by atoms with Crippen LogP contribution in [0, 0.1) is 5.41 Å². The van der Waals surface area contributed by atoms with E-state index in [9.17, 15) is 26.3 Å². The first-order chi connectivity index (χ1) is 16.2. The van der Waals surface area contributed by atoms with Crippen LogP contribution in [0.3, 0.4) is 0 Å². The number of aliphatic carboxylic acids is 2. The van der Waals surface area contributed by atoms with E-state index in [-0.39, 0.29) is 0 Å². The quantitative estimate of drug-likeness (QED) is 0.589. The Labute approximate surface area is 198 Å². The molecule has 2 N–H and O–H groups in total. The molecule has 35 heavy (non-hydrogen) atoms. The molecule has 1 aromatic rings. The molecule has 0 bridgehead atoms. The monoisotopic (exact) mass is 517 g/mol. The van der Waals surface area contributed by atoms with Crippen molar-refractivity contribution in [1.82, 2.24) is 14.8 Å². The summed E-state index contributed by atoms with van der Waals surface area (Å²) in [4.78, 5) is 27.4. The highest BCUT2D eigenvalue weighted by Gasteiger charge is 2.39. The molecule has 2 fully saturated rings. The van der Waals surface area contributed by atoms with Gasteiger partial charge in [-0.2, -0.15) is 26.3 Å². The Morgan fingerprint density at radius 3 is 2.09 bits per heavy atom. The van der Waals surface area contributed by atoms with E-state index in [0.717, 1.165) is 39.4 Å². The molecule has 1 aromatic heterocycles. The molecule has 1 unspecified atom stereocenters. The van der Waals surface area contributed by atoms with Crippen LogP contribution in [0.25, 0.3) is 0 Å². The van der Waals surface area contributed by atoms with Gasteiger partial charge in [0.15, 0.2) is 0 Å². The van der Waals surface area contributed by atoms with Crippen molar-refractivity contribution >= 4 is 11.9 Å². The summed E-state index contributed by atoms with van der Waals surface area (Å²) >= 11 is 0. The predicted octanol–water partition coefficient (Wildman–Crippen LogP) is 3.28. The van der Waals surface area contributed by atoms with Crippen LogP contribution in [0.1, 0.15) is 25.5 Å². The molecule has 2 saturated heterocycles. The molecule has 14 heteroatoms. The van der Waals surface area contributed by atoms with Crippen molar-refractivity contribution < 1.29 is 50.9 Å². The van der Waals surface area contributed by atoms with Gasteiger partial charge in [-0.05, 0) is 38.1 Å². The topological polar surface area (TPSA) is 103 Å². The summed E-state index contributed by atoms with van der Waals surface area (Å²) in [6, 6.07) is 6.19. The number of carbonyl (C=O) groups is 2. The maximum Gasteiger partial charge on any atom is 0.490 e. The number of aromatic nitrogens is 1. The number of halogens is 6. The molecule has 1 atom stereocenters. The second-order valence-corrected chi connectivity index (χ2v) is 8.16. The van der Waals surface area contributed by atoms with Crippen LogP contribution in [0.4, 0.5) is 26.3 Å². The molecule has 0 amide bonds. The molecule has 8 nitrogen and oxygen atoms in total. The Balaban J connectivity index is 0.000000362. The van der Waals surface area contributed by atoms with Crippen molar-refractivity contribution in [3.8, 4) is 0 Å². The van der Waals surface area contributed by atoms with Crippen molar-refractivity contribution in [2.24, 2.45) is 5.41 Å². The van der Waals surface area contributed by atoms with Gasteiger partial charge in [0.05, 0.1) is 18.9 Å². The van der Waals surface area contributed by atoms with Crippen LogP contribution in [-0.4, -0.2) is 95.2 Å². The first-order valence-corrected chi connectivity index (χ1v) is 10.7. The van der Waals surface area contributed by atoms with Gasteiger partial charge in [0.25, 0.3) is 0 Å². The molecular weight excluding hydrogens is 488 g/mol. The zero-order valence-corrected chi connectivity index (χ0v) is 19.1. The van der Waals surface area contributed by atoms with Gasteiger partial charge >= 0.3 is 24.3 Å². The molecule has 2 aliphatic rings. The Hall–Kier alpha value is -2.45. The van der Waals surface area contributed by atoms with Crippen LogP contribution in [0.5, 0.6) is 0 Å². The largest absolute Gasteiger partial charge is 0.490 e. The number of pyridine rings is 1. The Kier molecular flexibility index (Phi) is 11.9. The standard InChI is InChI=1S/C17H27N3O.2C2HF3O2/c1-2-19-10-11-21-15-17(13-19)7-5-9-20(14-17)12-16-6-3-4-8-18-16;2*3-2(4,5)1(6)7/h3-4,6,8H,2,5,7,9-15H2,1H3;2*(H,6,7). The number of hydrogen-bond donors (Lipinski definition) is 2. The van der Waals surface area contributed by atoms with E-state index in [0.29, 0.717) is 5.41 Å². The molecule has 3 rings (SSSR count). The molecule has 1 spiro atoms. The van der Waals surface area contributed by atoms with E-state index in [1.54, 1.807) is 0 Å². The normalized spacial score (nSPS) is 21.7. The number of likely N-dealkylation sites (tertiary alicyclic amines) is 1.